The van der Waals surface area contributed by atoms with Crippen molar-refractivity contribution < 1.29 is 19.4 Å². The number of aliphatic carboxylic acids is 1. The van der Waals surface area contributed by atoms with E-state index in [0.717, 1.165) is 12.8 Å². The van der Waals surface area contributed by atoms with E-state index >= 15 is 0 Å². The number of carbonyl (C=O) groups is 2. The van der Waals surface area contributed by atoms with Crippen molar-refractivity contribution in [3.8, 4) is 0 Å². The molecule has 104 valence electrons. The van der Waals surface area contributed by atoms with Gasteiger partial charge in [-0.25, -0.2) is 4.79 Å². The summed E-state index contributed by atoms with van der Waals surface area (Å²) in [7, 11) is 1.73. The van der Waals surface area contributed by atoms with Gasteiger partial charge in [0, 0.05) is 32.3 Å². The number of amides is 2. The van der Waals surface area contributed by atoms with Crippen molar-refractivity contribution in [1.29, 1.82) is 0 Å². The molecule has 0 aromatic carbocycles. The van der Waals surface area contributed by atoms with Crippen LogP contribution in [0.2, 0.25) is 0 Å². The molecule has 0 aromatic rings. The van der Waals surface area contributed by atoms with Crippen LogP contribution >= 0.6 is 0 Å². The summed E-state index contributed by atoms with van der Waals surface area (Å²) in [6.45, 7) is 4.69. The van der Waals surface area contributed by atoms with Gasteiger partial charge in [0.2, 0.25) is 0 Å². The van der Waals surface area contributed by atoms with Crippen molar-refractivity contribution in [1.82, 2.24) is 9.80 Å². The van der Waals surface area contributed by atoms with Crippen molar-refractivity contribution in [2.45, 2.75) is 38.8 Å². The number of carboxylic acids is 1. The summed E-state index contributed by atoms with van der Waals surface area (Å²) in [5, 5.41) is 8.84. The molecule has 0 spiro atoms. The van der Waals surface area contributed by atoms with Crippen molar-refractivity contribution in [2.24, 2.45) is 0 Å². The monoisotopic (exact) mass is 258 g/mol. The van der Waals surface area contributed by atoms with Crippen LogP contribution in [-0.4, -0.2) is 65.8 Å². The van der Waals surface area contributed by atoms with E-state index in [1.807, 2.05) is 13.8 Å². The number of rotatable bonds is 4. The number of nitrogens with zero attached hydrogens (tertiary/aromatic N) is 2. The normalized spacial score (nSPS) is 16.7. The lowest BCUT2D eigenvalue weighted by molar-refractivity contribution is -0.138. The Morgan fingerprint density at radius 1 is 1.33 bits per heavy atom. The number of carboxylic acid groups (broad SMARTS) is 1. The van der Waals surface area contributed by atoms with Crippen LogP contribution in [0.4, 0.5) is 4.79 Å². The van der Waals surface area contributed by atoms with Gasteiger partial charge in [0.15, 0.2) is 0 Å². The molecule has 1 aliphatic heterocycles. The van der Waals surface area contributed by atoms with Gasteiger partial charge in [-0.05, 0) is 26.7 Å². The van der Waals surface area contributed by atoms with Gasteiger partial charge in [-0.2, -0.15) is 0 Å². The van der Waals surface area contributed by atoms with Gasteiger partial charge in [-0.15, -0.1) is 0 Å². The molecule has 0 aromatic heterocycles. The van der Waals surface area contributed by atoms with Crippen LogP contribution in [0.15, 0.2) is 0 Å². The summed E-state index contributed by atoms with van der Waals surface area (Å²) in [4.78, 5) is 26.1. The van der Waals surface area contributed by atoms with Gasteiger partial charge >= 0.3 is 12.0 Å². The number of hydrogen-bond acceptors (Lipinski definition) is 3. The molecule has 0 aliphatic carbocycles. The lowest BCUT2D eigenvalue weighted by atomic mass is 10.1. The average Bonchev–Trinajstić information content (AvgIpc) is 2.34. The van der Waals surface area contributed by atoms with Crippen LogP contribution in [0.25, 0.3) is 0 Å². The fourth-order valence-corrected chi connectivity index (χ4v) is 2.05. The highest BCUT2D eigenvalue weighted by atomic mass is 16.5. The van der Waals surface area contributed by atoms with Gasteiger partial charge in [0.1, 0.15) is 6.54 Å². The quantitative estimate of drug-likeness (QED) is 0.817. The molecule has 0 radical (unpaired) electrons. The smallest absolute Gasteiger partial charge is 0.323 e. The molecule has 2 amide bonds. The molecule has 1 saturated heterocycles. The zero-order valence-electron chi connectivity index (χ0n) is 11.3. The molecule has 1 heterocycles. The molecule has 6 heteroatoms. The fraction of sp³-hybridized carbons (Fsp3) is 0.833. The van der Waals surface area contributed by atoms with Crippen LogP contribution in [0.5, 0.6) is 0 Å². The van der Waals surface area contributed by atoms with Gasteiger partial charge in [0.05, 0.1) is 0 Å². The Bertz CT molecular complexity index is 300. The summed E-state index contributed by atoms with van der Waals surface area (Å²) in [5.41, 5.74) is 0. The minimum atomic E-state index is -0.988. The molecule has 18 heavy (non-hydrogen) atoms. The molecule has 6 nitrogen and oxygen atoms in total. The Hall–Kier alpha value is -1.30. The third-order valence-corrected chi connectivity index (χ3v) is 3.21. The van der Waals surface area contributed by atoms with E-state index < -0.39 is 5.97 Å². The fourth-order valence-electron chi connectivity index (χ4n) is 2.05. The van der Waals surface area contributed by atoms with E-state index in [4.69, 9.17) is 9.84 Å². The number of urea groups is 1. The van der Waals surface area contributed by atoms with Gasteiger partial charge in [-0.1, -0.05) is 0 Å². The maximum atomic E-state index is 12.3. The first-order valence-electron chi connectivity index (χ1n) is 6.26. The molecule has 1 N–H and O–H groups in total. The van der Waals surface area contributed by atoms with Gasteiger partial charge in [0.25, 0.3) is 0 Å². The third kappa shape index (κ3) is 3.87. The molecule has 0 atom stereocenters. The Labute approximate surface area is 107 Å². The van der Waals surface area contributed by atoms with E-state index in [1.165, 1.54) is 4.90 Å². The second kappa shape index (κ2) is 6.58. The van der Waals surface area contributed by atoms with Gasteiger partial charge < -0.3 is 19.6 Å². The van der Waals surface area contributed by atoms with Crippen molar-refractivity contribution in [2.75, 3.05) is 26.8 Å². The molecule has 0 bridgehead atoms. The molecule has 0 saturated carbocycles. The van der Waals surface area contributed by atoms with Crippen LogP contribution < -0.4 is 0 Å². The maximum Gasteiger partial charge on any atom is 0.323 e. The Morgan fingerprint density at radius 2 is 1.89 bits per heavy atom. The van der Waals surface area contributed by atoms with Crippen molar-refractivity contribution in [3.05, 3.63) is 0 Å². The van der Waals surface area contributed by atoms with E-state index in [2.05, 4.69) is 0 Å². The molecule has 1 fully saturated rings. The van der Waals surface area contributed by atoms with E-state index in [1.54, 1.807) is 11.9 Å². The Kier molecular flexibility index (Phi) is 5.40. The lowest BCUT2D eigenvalue weighted by Gasteiger charge is -2.36. The topological polar surface area (TPSA) is 70.1 Å². The average molecular weight is 258 g/mol. The van der Waals surface area contributed by atoms with Crippen LogP contribution in [0.3, 0.4) is 0 Å². The first-order valence-corrected chi connectivity index (χ1v) is 6.26. The van der Waals surface area contributed by atoms with Crippen LogP contribution in [-0.2, 0) is 9.53 Å². The minimum Gasteiger partial charge on any atom is -0.480 e. The predicted octanol–water partition coefficient (Wildman–Crippen LogP) is 1.01. The second-order valence-corrected chi connectivity index (χ2v) is 4.85. The van der Waals surface area contributed by atoms with Crippen molar-refractivity contribution >= 4 is 12.0 Å². The number of hydrogen-bond donors (Lipinski definition) is 1. The Balaban J connectivity index is 2.65. The standard InChI is InChI=1S/C12H22N2O4/c1-9(2)14(8-11(15)16)12(17)13(3)10-4-6-18-7-5-10/h9-10H,4-8H2,1-3H3,(H,15,16). The molecular weight excluding hydrogens is 236 g/mol. The Morgan fingerprint density at radius 3 is 2.33 bits per heavy atom. The summed E-state index contributed by atoms with van der Waals surface area (Å²) >= 11 is 0. The molecule has 0 unspecified atom stereocenters. The summed E-state index contributed by atoms with van der Waals surface area (Å²) in [6.07, 6.45) is 1.61. The van der Waals surface area contributed by atoms with Crippen molar-refractivity contribution in [3.63, 3.8) is 0 Å². The molecule has 1 rings (SSSR count). The summed E-state index contributed by atoms with van der Waals surface area (Å²) < 4.78 is 5.26. The first kappa shape index (κ1) is 14.8. The lowest BCUT2D eigenvalue weighted by Crippen LogP contribution is -2.51. The van der Waals surface area contributed by atoms with Crippen LogP contribution in [0, 0.1) is 0 Å². The highest BCUT2D eigenvalue weighted by molar-refractivity contribution is 5.80. The van der Waals surface area contributed by atoms with Gasteiger partial charge in [-0.3, -0.25) is 4.79 Å². The molecular formula is C12H22N2O4. The predicted molar refractivity (Wildman–Crippen MR) is 66.5 cm³/mol. The zero-order chi connectivity index (χ0) is 13.7. The van der Waals surface area contributed by atoms with E-state index in [0.29, 0.717) is 13.2 Å². The molecule has 1 aliphatic rings. The summed E-state index contributed by atoms with van der Waals surface area (Å²) in [5.74, 6) is -0.988. The SMILES string of the molecule is CC(C)N(CC(=O)O)C(=O)N(C)C1CCOCC1. The highest BCUT2D eigenvalue weighted by Gasteiger charge is 2.28. The van der Waals surface area contributed by atoms with Crippen LogP contribution in [0.1, 0.15) is 26.7 Å². The minimum absolute atomic E-state index is 0.129. The van der Waals surface area contributed by atoms with E-state index in [9.17, 15) is 9.59 Å². The second-order valence-electron chi connectivity index (χ2n) is 4.85. The number of carbonyl (C=O) groups excluding carboxylic acids is 1. The summed E-state index contributed by atoms with van der Waals surface area (Å²) in [6, 6.07) is -0.212. The number of ether oxygens (including phenoxy) is 1. The largest absolute Gasteiger partial charge is 0.480 e. The van der Waals surface area contributed by atoms with E-state index in [-0.39, 0.29) is 24.7 Å². The first-order chi connectivity index (χ1) is 8.43. The zero-order valence-corrected chi connectivity index (χ0v) is 11.3. The highest BCUT2D eigenvalue weighted by Crippen LogP contribution is 2.15. The third-order valence-electron chi connectivity index (χ3n) is 3.21. The maximum absolute atomic E-state index is 12.3.